The lowest BCUT2D eigenvalue weighted by Crippen LogP contribution is -2.43. The molecule has 0 saturated heterocycles. The number of rotatable bonds is 6. The molecule has 28 heavy (non-hydrogen) atoms. The number of nitrogens with one attached hydrogen (secondary N) is 3. The molecule has 1 aromatic carbocycles. The zero-order chi connectivity index (χ0) is 19.9. The summed E-state index contributed by atoms with van der Waals surface area (Å²) < 4.78 is 0. The van der Waals surface area contributed by atoms with Crippen molar-refractivity contribution in [2.24, 2.45) is 11.8 Å². The maximum atomic E-state index is 12.3. The third-order valence-electron chi connectivity index (χ3n) is 5.79. The number of amides is 3. The van der Waals surface area contributed by atoms with E-state index in [2.05, 4.69) is 16.0 Å². The quantitative estimate of drug-likeness (QED) is 0.601. The number of carbonyl (C=O) groups is 3. The molecule has 2 saturated carbocycles. The normalized spacial score (nSPS) is 22.4. The Balaban J connectivity index is 1.42. The number of hydrogen-bond acceptors (Lipinski definition) is 3. The first-order valence-corrected chi connectivity index (χ1v) is 10.2. The van der Waals surface area contributed by atoms with Gasteiger partial charge in [-0.25, -0.2) is 4.79 Å². The Morgan fingerprint density at radius 1 is 0.964 bits per heavy atom. The average molecular weight is 387 g/mol. The summed E-state index contributed by atoms with van der Waals surface area (Å²) in [4.78, 5) is 35.4. The van der Waals surface area contributed by atoms with Crippen molar-refractivity contribution in [3.63, 3.8) is 0 Å². The largest absolute Gasteiger partial charge is 0.481 e. The van der Waals surface area contributed by atoms with Gasteiger partial charge in [0.25, 0.3) is 0 Å². The number of anilines is 1. The minimum Gasteiger partial charge on any atom is -0.481 e. The predicted molar refractivity (Wildman–Crippen MR) is 106 cm³/mol. The summed E-state index contributed by atoms with van der Waals surface area (Å²) in [5.41, 5.74) is 1.66. The first-order valence-electron chi connectivity index (χ1n) is 10.2. The van der Waals surface area contributed by atoms with Crippen molar-refractivity contribution in [3.8, 4) is 0 Å². The molecule has 1 aromatic rings. The number of benzene rings is 1. The van der Waals surface area contributed by atoms with Crippen LogP contribution >= 0.6 is 0 Å². The van der Waals surface area contributed by atoms with Crippen LogP contribution in [0.5, 0.6) is 0 Å². The van der Waals surface area contributed by atoms with E-state index in [1.807, 2.05) is 24.3 Å². The molecule has 3 rings (SSSR count). The summed E-state index contributed by atoms with van der Waals surface area (Å²) in [7, 11) is 0. The van der Waals surface area contributed by atoms with Crippen molar-refractivity contribution in [1.29, 1.82) is 0 Å². The van der Waals surface area contributed by atoms with Crippen LogP contribution in [-0.4, -0.2) is 29.1 Å². The number of aliphatic carboxylic acids is 1. The van der Waals surface area contributed by atoms with Crippen LogP contribution in [0.2, 0.25) is 0 Å². The molecular weight excluding hydrogens is 358 g/mol. The Morgan fingerprint density at radius 2 is 1.68 bits per heavy atom. The van der Waals surface area contributed by atoms with Crippen LogP contribution < -0.4 is 16.0 Å². The Bertz CT molecular complexity index is 707. The molecule has 0 aliphatic heterocycles. The molecule has 2 aliphatic rings. The fraction of sp³-hybridized carbons (Fsp3) is 0.571. The van der Waals surface area contributed by atoms with Crippen molar-refractivity contribution in [2.75, 3.05) is 5.32 Å². The van der Waals surface area contributed by atoms with Crippen molar-refractivity contribution < 1.29 is 19.5 Å². The van der Waals surface area contributed by atoms with Crippen LogP contribution in [0.25, 0.3) is 0 Å². The molecule has 0 aromatic heterocycles. The number of carboxylic acids is 1. The summed E-state index contributed by atoms with van der Waals surface area (Å²) in [5, 5.41) is 17.8. The van der Waals surface area contributed by atoms with E-state index in [1.54, 1.807) is 0 Å². The van der Waals surface area contributed by atoms with Gasteiger partial charge < -0.3 is 21.1 Å². The lowest BCUT2D eigenvalue weighted by Gasteiger charge is -2.26. The molecule has 7 nitrogen and oxygen atoms in total. The van der Waals surface area contributed by atoms with Crippen LogP contribution in [0, 0.1) is 11.8 Å². The highest BCUT2D eigenvalue weighted by molar-refractivity contribution is 5.92. The van der Waals surface area contributed by atoms with Crippen LogP contribution in [0.1, 0.15) is 56.9 Å². The summed E-state index contributed by atoms with van der Waals surface area (Å²) in [6.45, 7) is 0.365. The fourth-order valence-electron chi connectivity index (χ4n) is 4.09. The maximum absolute atomic E-state index is 12.3. The zero-order valence-corrected chi connectivity index (χ0v) is 16.1. The van der Waals surface area contributed by atoms with Crippen LogP contribution in [0.15, 0.2) is 24.3 Å². The molecule has 0 atom stereocenters. The van der Waals surface area contributed by atoms with Crippen molar-refractivity contribution >= 4 is 23.6 Å². The van der Waals surface area contributed by atoms with Gasteiger partial charge in [0.2, 0.25) is 5.91 Å². The fourth-order valence-corrected chi connectivity index (χ4v) is 4.09. The third kappa shape index (κ3) is 5.71. The molecule has 0 spiro atoms. The van der Waals surface area contributed by atoms with Gasteiger partial charge in [-0.15, -0.1) is 0 Å². The van der Waals surface area contributed by atoms with Gasteiger partial charge in [0.15, 0.2) is 0 Å². The highest BCUT2D eigenvalue weighted by Crippen LogP contribution is 2.26. The van der Waals surface area contributed by atoms with E-state index in [1.165, 1.54) is 0 Å². The molecule has 0 heterocycles. The Kier molecular flexibility index (Phi) is 6.90. The van der Waals surface area contributed by atoms with Crippen molar-refractivity contribution in [1.82, 2.24) is 10.6 Å². The number of carboxylic acid groups (broad SMARTS) is 1. The molecule has 7 heteroatoms. The van der Waals surface area contributed by atoms with E-state index in [4.69, 9.17) is 5.11 Å². The van der Waals surface area contributed by atoms with Gasteiger partial charge in [0.05, 0.1) is 5.92 Å². The lowest BCUT2D eigenvalue weighted by molar-refractivity contribution is -0.142. The first kappa shape index (κ1) is 20.2. The summed E-state index contributed by atoms with van der Waals surface area (Å²) >= 11 is 0. The summed E-state index contributed by atoms with van der Waals surface area (Å²) in [6, 6.07) is 7.28. The van der Waals surface area contributed by atoms with Gasteiger partial charge in [0, 0.05) is 24.2 Å². The van der Waals surface area contributed by atoms with Crippen molar-refractivity contribution in [3.05, 3.63) is 29.8 Å². The molecule has 3 amide bonds. The summed E-state index contributed by atoms with van der Waals surface area (Å²) in [6.07, 6.45) is 6.74. The number of carbonyl (C=O) groups excluding carboxylic acids is 2. The second-order valence-electron chi connectivity index (χ2n) is 7.88. The summed E-state index contributed by atoms with van der Waals surface area (Å²) in [5.74, 6) is -0.841. The molecule has 0 unspecified atom stereocenters. The zero-order valence-electron chi connectivity index (χ0n) is 16.1. The van der Waals surface area contributed by atoms with E-state index < -0.39 is 5.97 Å². The molecule has 0 radical (unpaired) electrons. The predicted octanol–water partition coefficient (Wildman–Crippen LogP) is 3.26. The topological polar surface area (TPSA) is 108 Å². The molecular formula is C21H29N3O4. The smallest absolute Gasteiger partial charge is 0.315 e. The SMILES string of the molecule is O=C(NCc1cccc(NC(=O)C2CCCC2)c1)NC1CCC(C(=O)O)CC1. The Hall–Kier alpha value is -2.57. The standard InChI is InChI=1S/C21H29N3O4/c25-19(15-5-1-2-6-15)23-18-7-3-4-14(12-18)13-22-21(28)24-17-10-8-16(9-11-17)20(26)27/h3-4,7,12,15-17H,1-2,5-6,8-11,13H2,(H,23,25)(H,26,27)(H2,22,24,28). The number of hydrogen-bond donors (Lipinski definition) is 4. The maximum Gasteiger partial charge on any atom is 0.315 e. The van der Waals surface area contributed by atoms with Gasteiger partial charge in [-0.05, 0) is 56.2 Å². The van der Waals surface area contributed by atoms with Gasteiger partial charge >= 0.3 is 12.0 Å². The minimum atomic E-state index is -0.747. The Morgan fingerprint density at radius 3 is 2.36 bits per heavy atom. The highest BCUT2D eigenvalue weighted by atomic mass is 16.4. The van der Waals surface area contributed by atoms with Gasteiger partial charge in [-0.2, -0.15) is 0 Å². The van der Waals surface area contributed by atoms with Crippen LogP contribution in [0.3, 0.4) is 0 Å². The molecule has 152 valence electrons. The number of urea groups is 1. The van der Waals surface area contributed by atoms with E-state index in [0.717, 1.165) is 36.9 Å². The van der Waals surface area contributed by atoms with E-state index in [-0.39, 0.29) is 29.8 Å². The second-order valence-corrected chi connectivity index (χ2v) is 7.88. The Labute approximate surface area is 165 Å². The van der Waals surface area contributed by atoms with Gasteiger partial charge in [-0.1, -0.05) is 25.0 Å². The van der Waals surface area contributed by atoms with Crippen LogP contribution in [0.4, 0.5) is 10.5 Å². The van der Waals surface area contributed by atoms with Gasteiger partial charge in [-0.3, -0.25) is 9.59 Å². The lowest BCUT2D eigenvalue weighted by atomic mass is 9.86. The van der Waals surface area contributed by atoms with Crippen LogP contribution in [-0.2, 0) is 16.1 Å². The average Bonchev–Trinajstić information content (AvgIpc) is 3.22. The molecule has 4 N–H and O–H groups in total. The van der Waals surface area contributed by atoms with E-state index >= 15 is 0 Å². The van der Waals surface area contributed by atoms with E-state index in [9.17, 15) is 14.4 Å². The minimum absolute atomic E-state index is 0.0210. The first-order chi connectivity index (χ1) is 13.5. The van der Waals surface area contributed by atoms with E-state index in [0.29, 0.717) is 32.2 Å². The van der Waals surface area contributed by atoms with Gasteiger partial charge in [0.1, 0.15) is 0 Å². The van der Waals surface area contributed by atoms with Crippen molar-refractivity contribution in [2.45, 2.75) is 64.0 Å². The highest BCUT2D eigenvalue weighted by Gasteiger charge is 2.26. The molecule has 0 bridgehead atoms. The second kappa shape index (κ2) is 9.57. The molecule has 2 fully saturated rings. The monoisotopic (exact) mass is 387 g/mol. The molecule has 2 aliphatic carbocycles. The third-order valence-corrected chi connectivity index (χ3v) is 5.79.